The summed E-state index contributed by atoms with van der Waals surface area (Å²) in [4.78, 5) is 17.1. The number of amidine groups is 1. The third-order valence-electron chi connectivity index (χ3n) is 2.80. The Hall–Kier alpha value is -1.54. The number of benzene rings is 1. The fourth-order valence-electron chi connectivity index (χ4n) is 1.80. The second-order valence-electron chi connectivity index (χ2n) is 4.24. The fourth-order valence-corrected chi connectivity index (χ4v) is 2.72. The van der Waals surface area contributed by atoms with Gasteiger partial charge >= 0.3 is 6.18 Å². The van der Waals surface area contributed by atoms with Crippen molar-refractivity contribution in [3.05, 3.63) is 29.8 Å². The monoisotopic (exact) mass is 318 g/mol. The molecular formula is C13H13F3N2O2S. The van der Waals surface area contributed by atoms with Crippen molar-refractivity contribution in [3.63, 3.8) is 0 Å². The van der Waals surface area contributed by atoms with Crippen molar-refractivity contribution in [1.82, 2.24) is 4.90 Å². The number of thioether (sulfide) groups is 1. The van der Waals surface area contributed by atoms with Gasteiger partial charge in [0.2, 0.25) is 5.91 Å². The number of para-hydroxylation sites is 1. The van der Waals surface area contributed by atoms with Crippen LogP contribution < -0.4 is 0 Å². The van der Waals surface area contributed by atoms with Gasteiger partial charge in [-0.15, -0.1) is 0 Å². The third kappa shape index (κ3) is 3.76. The molecule has 0 aromatic heterocycles. The van der Waals surface area contributed by atoms with E-state index < -0.39 is 11.7 Å². The van der Waals surface area contributed by atoms with Gasteiger partial charge in [0.05, 0.1) is 30.2 Å². The third-order valence-corrected chi connectivity index (χ3v) is 3.76. The van der Waals surface area contributed by atoms with Crippen LogP contribution in [0.15, 0.2) is 29.3 Å². The van der Waals surface area contributed by atoms with E-state index in [-0.39, 0.29) is 29.1 Å². The second kappa shape index (κ2) is 6.48. The summed E-state index contributed by atoms with van der Waals surface area (Å²) in [6.07, 6.45) is -4.48. The summed E-state index contributed by atoms with van der Waals surface area (Å²) in [6.45, 7) is 0.571. The average Bonchev–Trinajstić information content (AvgIpc) is 2.77. The van der Waals surface area contributed by atoms with Crippen molar-refractivity contribution < 1.29 is 22.7 Å². The molecule has 1 aliphatic heterocycles. The standard InChI is InChI=1S/C13H13F3N2O2S/c1-20-7-6-18-11(19)8-21-12(18)17-10-5-3-2-4-9(10)13(14,15)16/h2-5H,6-8H2,1H3. The van der Waals surface area contributed by atoms with Crippen molar-refractivity contribution in [2.24, 2.45) is 4.99 Å². The lowest BCUT2D eigenvalue weighted by atomic mass is 10.2. The summed E-state index contributed by atoms with van der Waals surface area (Å²) in [5.41, 5.74) is -1.01. The van der Waals surface area contributed by atoms with Crippen LogP contribution in [0.3, 0.4) is 0 Å². The molecule has 0 bridgehead atoms. The number of nitrogens with zero attached hydrogens (tertiary/aromatic N) is 2. The molecule has 1 aliphatic rings. The number of hydrogen-bond acceptors (Lipinski definition) is 4. The molecule has 0 aliphatic carbocycles. The highest BCUT2D eigenvalue weighted by Crippen LogP contribution is 2.37. The summed E-state index contributed by atoms with van der Waals surface area (Å²) >= 11 is 1.13. The Bertz CT molecular complexity index is 561. The number of hydrogen-bond donors (Lipinski definition) is 0. The molecule has 0 radical (unpaired) electrons. The van der Waals surface area contributed by atoms with Crippen LogP contribution >= 0.6 is 11.8 Å². The van der Waals surface area contributed by atoms with Gasteiger partial charge in [-0.05, 0) is 12.1 Å². The average molecular weight is 318 g/mol. The number of alkyl halides is 3. The molecule has 1 fully saturated rings. The maximum Gasteiger partial charge on any atom is 0.418 e. The van der Waals surface area contributed by atoms with E-state index in [0.29, 0.717) is 6.61 Å². The zero-order valence-electron chi connectivity index (χ0n) is 11.2. The lowest BCUT2D eigenvalue weighted by Crippen LogP contribution is -2.32. The van der Waals surface area contributed by atoms with Gasteiger partial charge in [-0.3, -0.25) is 9.69 Å². The van der Waals surface area contributed by atoms with Gasteiger partial charge in [0, 0.05) is 7.11 Å². The molecule has 1 amide bonds. The van der Waals surface area contributed by atoms with Crippen LogP contribution in [0.1, 0.15) is 5.56 Å². The van der Waals surface area contributed by atoms with Gasteiger partial charge in [0.1, 0.15) is 0 Å². The summed E-state index contributed by atoms with van der Waals surface area (Å²) in [6, 6.07) is 5.05. The Kier molecular flexibility index (Phi) is 4.89. The number of ether oxygens (including phenoxy) is 1. The molecule has 0 saturated carbocycles. The Balaban J connectivity index is 2.33. The zero-order chi connectivity index (χ0) is 15.5. The van der Waals surface area contributed by atoms with Crippen LogP contribution in [-0.4, -0.2) is 42.0 Å². The van der Waals surface area contributed by atoms with E-state index in [1.54, 1.807) is 0 Å². The van der Waals surface area contributed by atoms with E-state index in [0.717, 1.165) is 17.8 Å². The highest BCUT2D eigenvalue weighted by atomic mass is 32.2. The van der Waals surface area contributed by atoms with E-state index in [9.17, 15) is 18.0 Å². The normalized spacial score (nSPS) is 17.8. The van der Waals surface area contributed by atoms with Gasteiger partial charge in [0.15, 0.2) is 5.17 Å². The molecule has 0 spiro atoms. The Morgan fingerprint density at radius 3 is 2.76 bits per heavy atom. The molecule has 0 N–H and O–H groups in total. The topological polar surface area (TPSA) is 41.9 Å². The molecule has 1 aromatic rings. The first-order valence-electron chi connectivity index (χ1n) is 6.10. The Morgan fingerprint density at radius 1 is 1.38 bits per heavy atom. The number of rotatable bonds is 4. The lowest BCUT2D eigenvalue weighted by Gasteiger charge is -2.16. The molecule has 2 rings (SSSR count). The molecule has 21 heavy (non-hydrogen) atoms. The summed E-state index contributed by atoms with van der Waals surface area (Å²) in [5.74, 6) is -0.00297. The first kappa shape index (κ1) is 15.8. The highest BCUT2D eigenvalue weighted by Gasteiger charge is 2.34. The highest BCUT2D eigenvalue weighted by molar-refractivity contribution is 8.15. The first-order valence-corrected chi connectivity index (χ1v) is 7.09. The molecule has 0 unspecified atom stereocenters. The van der Waals surface area contributed by atoms with Crippen LogP contribution in [0.5, 0.6) is 0 Å². The molecule has 1 aromatic carbocycles. The van der Waals surface area contributed by atoms with Crippen LogP contribution in [-0.2, 0) is 15.7 Å². The fraction of sp³-hybridized carbons (Fsp3) is 0.385. The minimum atomic E-state index is -4.48. The summed E-state index contributed by atoms with van der Waals surface area (Å²) < 4.78 is 43.7. The SMILES string of the molecule is COCCN1C(=O)CSC1=Nc1ccccc1C(F)(F)F. The lowest BCUT2D eigenvalue weighted by molar-refractivity contribution is -0.137. The van der Waals surface area contributed by atoms with Gasteiger partial charge in [-0.2, -0.15) is 13.2 Å². The molecule has 1 heterocycles. The van der Waals surface area contributed by atoms with Crippen molar-refractivity contribution in [2.45, 2.75) is 6.18 Å². The van der Waals surface area contributed by atoms with Crippen LogP contribution in [0.25, 0.3) is 0 Å². The number of methoxy groups -OCH3 is 1. The van der Waals surface area contributed by atoms with Crippen molar-refractivity contribution >= 4 is 28.5 Å². The Morgan fingerprint density at radius 2 is 2.10 bits per heavy atom. The van der Waals surface area contributed by atoms with E-state index in [1.165, 1.54) is 30.2 Å². The summed E-state index contributed by atoms with van der Waals surface area (Å²) in [7, 11) is 1.49. The second-order valence-corrected chi connectivity index (χ2v) is 5.18. The van der Waals surface area contributed by atoms with E-state index in [4.69, 9.17) is 4.74 Å². The number of carbonyl (C=O) groups is 1. The molecule has 4 nitrogen and oxygen atoms in total. The largest absolute Gasteiger partial charge is 0.418 e. The molecular weight excluding hydrogens is 305 g/mol. The van der Waals surface area contributed by atoms with Crippen LogP contribution in [0, 0.1) is 0 Å². The van der Waals surface area contributed by atoms with Gasteiger partial charge in [0.25, 0.3) is 0 Å². The predicted octanol–water partition coefficient (Wildman–Crippen LogP) is 2.91. The minimum Gasteiger partial charge on any atom is -0.383 e. The number of aliphatic imine (C=N–C) groups is 1. The van der Waals surface area contributed by atoms with E-state index in [1.807, 2.05) is 0 Å². The molecule has 1 saturated heterocycles. The number of amides is 1. The quantitative estimate of drug-likeness (QED) is 0.857. The van der Waals surface area contributed by atoms with Crippen molar-refractivity contribution in [2.75, 3.05) is 26.0 Å². The van der Waals surface area contributed by atoms with Gasteiger partial charge < -0.3 is 4.74 Å². The first-order chi connectivity index (χ1) is 9.93. The van der Waals surface area contributed by atoms with Gasteiger partial charge in [-0.25, -0.2) is 4.99 Å². The van der Waals surface area contributed by atoms with Crippen molar-refractivity contribution in [1.29, 1.82) is 0 Å². The maximum absolute atomic E-state index is 12.9. The predicted molar refractivity (Wildman–Crippen MR) is 74.6 cm³/mol. The minimum absolute atomic E-state index is 0.177. The number of carbonyl (C=O) groups excluding carboxylic acids is 1. The number of halogens is 3. The zero-order valence-corrected chi connectivity index (χ0v) is 12.0. The van der Waals surface area contributed by atoms with Gasteiger partial charge in [-0.1, -0.05) is 23.9 Å². The summed E-state index contributed by atoms with van der Waals surface area (Å²) in [5, 5.41) is 0.272. The maximum atomic E-state index is 12.9. The molecule has 114 valence electrons. The Labute approximate surface area is 124 Å². The molecule has 0 atom stereocenters. The van der Waals surface area contributed by atoms with E-state index >= 15 is 0 Å². The van der Waals surface area contributed by atoms with E-state index in [2.05, 4.69) is 4.99 Å². The van der Waals surface area contributed by atoms with Crippen LogP contribution in [0.2, 0.25) is 0 Å². The van der Waals surface area contributed by atoms with Crippen LogP contribution in [0.4, 0.5) is 18.9 Å². The molecule has 8 heteroatoms. The van der Waals surface area contributed by atoms with Crippen molar-refractivity contribution in [3.8, 4) is 0 Å². The smallest absolute Gasteiger partial charge is 0.383 e.